The minimum absolute atomic E-state index is 0.0700. The molecule has 0 spiro atoms. The number of anilines is 1. The van der Waals surface area contributed by atoms with Crippen LogP contribution < -0.4 is 5.32 Å². The quantitative estimate of drug-likeness (QED) is 0.781. The van der Waals surface area contributed by atoms with Gasteiger partial charge in [-0.2, -0.15) is 0 Å². The van der Waals surface area contributed by atoms with Gasteiger partial charge in [-0.15, -0.1) is 0 Å². The van der Waals surface area contributed by atoms with Gasteiger partial charge in [0.05, 0.1) is 0 Å². The Morgan fingerprint density at radius 1 is 1.43 bits per heavy atom. The molecular weight excluding hydrogens is 272 g/mol. The summed E-state index contributed by atoms with van der Waals surface area (Å²) in [5.41, 5.74) is 0.856. The number of phenolic OH excluding ortho intramolecular Hbond substituents is 1. The van der Waals surface area contributed by atoms with Crippen LogP contribution in [0, 0.1) is 0 Å². The fourth-order valence-electron chi connectivity index (χ4n) is 2.57. The molecule has 0 saturated heterocycles. The van der Waals surface area contributed by atoms with Crippen LogP contribution in [-0.2, 0) is 4.79 Å². The molecule has 0 fully saturated rings. The lowest BCUT2D eigenvalue weighted by molar-refractivity contribution is -0.117. The summed E-state index contributed by atoms with van der Waals surface area (Å²) >= 11 is 0. The van der Waals surface area contributed by atoms with Crippen molar-refractivity contribution in [2.45, 2.75) is 38.6 Å². The molecule has 1 atom stereocenters. The van der Waals surface area contributed by atoms with Crippen molar-refractivity contribution < 1.29 is 19.8 Å². The molecule has 1 unspecified atom stereocenters. The zero-order chi connectivity index (χ0) is 15.8. The van der Waals surface area contributed by atoms with E-state index in [9.17, 15) is 19.8 Å². The highest BCUT2D eigenvalue weighted by Crippen LogP contribution is 2.35. The Hall–Kier alpha value is -2.24. The van der Waals surface area contributed by atoms with Crippen LogP contribution in [0.1, 0.15) is 38.7 Å². The largest absolute Gasteiger partial charge is 0.508 e. The van der Waals surface area contributed by atoms with E-state index in [4.69, 9.17) is 0 Å². The molecule has 0 aromatic heterocycles. The van der Waals surface area contributed by atoms with Gasteiger partial charge in [-0.05, 0) is 32.4 Å². The van der Waals surface area contributed by atoms with Gasteiger partial charge in [0.25, 0.3) is 0 Å². The van der Waals surface area contributed by atoms with Crippen LogP contribution in [0.15, 0.2) is 18.2 Å². The molecule has 2 amide bonds. The summed E-state index contributed by atoms with van der Waals surface area (Å²) in [6.07, 6.45) is -0.772. The first-order valence-corrected chi connectivity index (χ1v) is 6.82. The minimum Gasteiger partial charge on any atom is -0.508 e. The van der Waals surface area contributed by atoms with E-state index in [1.807, 2.05) is 20.8 Å². The number of benzene rings is 1. The molecule has 6 nitrogen and oxygen atoms in total. The van der Waals surface area contributed by atoms with E-state index in [1.165, 1.54) is 11.0 Å². The van der Waals surface area contributed by atoms with Crippen molar-refractivity contribution in [3.63, 3.8) is 0 Å². The van der Waals surface area contributed by atoms with E-state index in [0.717, 1.165) is 5.56 Å². The molecule has 1 aliphatic heterocycles. The summed E-state index contributed by atoms with van der Waals surface area (Å²) in [7, 11) is 0. The maximum absolute atomic E-state index is 11.8. The van der Waals surface area contributed by atoms with Gasteiger partial charge in [0, 0.05) is 36.2 Å². The van der Waals surface area contributed by atoms with Gasteiger partial charge in [0.1, 0.15) is 5.75 Å². The number of carboxylic acid groups (broad SMARTS) is 1. The average molecular weight is 292 g/mol. The first-order valence-electron chi connectivity index (χ1n) is 6.82. The molecule has 6 heteroatoms. The van der Waals surface area contributed by atoms with Crippen molar-refractivity contribution in [2.75, 3.05) is 11.9 Å². The van der Waals surface area contributed by atoms with E-state index in [2.05, 4.69) is 5.32 Å². The lowest BCUT2D eigenvalue weighted by Crippen LogP contribution is -2.47. The number of nitrogens with zero attached hydrogens (tertiary/aromatic N) is 1. The number of hydrogen-bond donors (Lipinski definition) is 3. The van der Waals surface area contributed by atoms with Gasteiger partial charge in [-0.3, -0.25) is 4.79 Å². The summed E-state index contributed by atoms with van der Waals surface area (Å²) in [6, 6.07) is 4.77. The second-order valence-electron chi connectivity index (χ2n) is 6.28. The monoisotopic (exact) mass is 292 g/mol. The number of hydrogen-bond acceptors (Lipinski definition) is 3. The van der Waals surface area contributed by atoms with Crippen LogP contribution in [0.4, 0.5) is 10.5 Å². The molecule has 1 aromatic rings. The number of carbonyl (C=O) groups is 2. The molecule has 0 bridgehead atoms. The number of carbonyl (C=O) groups excluding carboxylic acids is 1. The van der Waals surface area contributed by atoms with Crippen LogP contribution in [-0.4, -0.2) is 39.2 Å². The highest BCUT2D eigenvalue weighted by atomic mass is 16.4. The second-order valence-corrected chi connectivity index (χ2v) is 6.28. The van der Waals surface area contributed by atoms with Crippen LogP contribution in [0.5, 0.6) is 5.75 Å². The Kier molecular flexibility index (Phi) is 3.80. The summed E-state index contributed by atoms with van der Waals surface area (Å²) < 4.78 is 0. The zero-order valence-corrected chi connectivity index (χ0v) is 12.4. The fraction of sp³-hybridized carbons (Fsp3) is 0.467. The van der Waals surface area contributed by atoms with Crippen molar-refractivity contribution in [3.8, 4) is 5.75 Å². The van der Waals surface area contributed by atoms with E-state index < -0.39 is 11.6 Å². The fourth-order valence-corrected chi connectivity index (χ4v) is 2.57. The van der Waals surface area contributed by atoms with E-state index in [1.54, 1.807) is 12.1 Å². The SMILES string of the molecule is CC(C)(C)N(CC1CC(=O)Nc2cc(O)ccc21)C(=O)O. The molecule has 114 valence electrons. The van der Waals surface area contributed by atoms with Crippen molar-refractivity contribution in [3.05, 3.63) is 23.8 Å². The van der Waals surface area contributed by atoms with Crippen LogP contribution in [0.3, 0.4) is 0 Å². The van der Waals surface area contributed by atoms with E-state index in [0.29, 0.717) is 5.69 Å². The average Bonchev–Trinajstić information content (AvgIpc) is 2.32. The van der Waals surface area contributed by atoms with Crippen molar-refractivity contribution in [2.24, 2.45) is 0 Å². The van der Waals surface area contributed by atoms with Gasteiger partial charge in [0.2, 0.25) is 5.91 Å². The molecule has 2 rings (SSSR count). The predicted octanol–water partition coefficient (Wildman–Crippen LogP) is 2.60. The molecular formula is C15H20N2O4. The maximum atomic E-state index is 11.8. The van der Waals surface area contributed by atoms with Crippen LogP contribution in [0.25, 0.3) is 0 Å². The Bertz CT molecular complexity index is 578. The lowest BCUT2D eigenvalue weighted by atomic mass is 9.89. The minimum atomic E-state index is -1.01. The first-order chi connectivity index (χ1) is 9.68. The van der Waals surface area contributed by atoms with Gasteiger partial charge in [0.15, 0.2) is 0 Å². The normalized spacial score (nSPS) is 17.9. The number of phenols is 1. The first kappa shape index (κ1) is 15.2. The van der Waals surface area contributed by atoms with Gasteiger partial charge >= 0.3 is 6.09 Å². The number of aromatic hydroxyl groups is 1. The summed E-state index contributed by atoms with van der Waals surface area (Å²) in [5.74, 6) is -0.317. The van der Waals surface area contributed by atoms with Gasteiger partial charge < -0.3 is 20.4 Å². The Labute approximate surface area is 123 Å². The standard InChI is InChI=1S/C15H20N2O4/c1-15(2,3)17(14(20)21)8-9-6-13(19)16-12-7-10(18)4-5-11(9)12/h4-5,7,9,18H,6,8H2,1-3H3,(H,16,19)(H,20,21). The number of rotatable bonds is 2. The second kappa shape index (κ2) is 5.27. The summed E-state index contributed by atoms with van der Waals surface area (Å²) in [4.78, 5) is 24.6. The topological polar surface area (TPSA) is 89.9 Å². The molecule has 0 aliphatic carbocycles. The Balaban J connectivity index is 2.33. The third kappa shape index (κ3) is 3.26. The Morgan fingerprint density at radius 3 is 2.67 bits per heavy atom. The molecule has 3 N–H and O–H groups in total. The summed E-state index contributed by atoms with van der Waals surface area (Å²) in [6.45, 7) is 5.70. The maximum Gasteiger partial charge on any atom is 0.407 e. The molecule has 0 radical (unpaired) electrons. The highest BCUT2D eigenvalue weighted by Gasteiger charge is 2.33. The van der Waals surface area contributed by atoms with E-state index in [-0.39, 0.29) is 30.5 Å². The molecule has 1 aliphatic rings. The zero-order valence-electron chi connectivity index (χ0n) is 12.4. The molecule has 1 aromatic carbocycles. The summed E-state index contributed by atoms with van der Waals surface area (Å²) in [5, 5.41) is 21.6. The predicted molar refractivity (Wildman–Crippen MR) is 78.6 cm³/mol. The van der Waals surface area contributed by atoms with E-state index >= 15 is 0 Å². The Morgan fingerprint density at radius 2 is 2.10 bits per heavy atom. The lowest BCUT2D eigenvalue weighted by Gasteiger charge is -2.37. The number of amides is 2. The third-order valence-corrected chi connectivity index (χ3v) is 3.63. The molecule has 21 heavy (non-hydrogen) atoms. The highest BCUT2D eigenvalue weighted by molar-refractivity contribution is 5.95. The van der Waals surface area contributed by atoms with Gasteiger partial charge in [-0.25, -0.2) is 4.79 Å². The number of fused-ring (bicyclic) bond motifs is 1. The number of nitrogens with one attached hydrogen (secondary N) is 1. The van der Waals surface area contributed by atoms with Crippen molar-refractivity contribution in [1.82, 2.24) is 4.90 Å². The third-order valence-electron chi connectivity index (χ3n) is 3.63. The van der Waals surface area contributed by atoms with Crippen LogP contribution in [0.2, 0.25) is 0 Å². The van der Waals surface area contributed by atoms with Crippen molar-refractivity contribution in [1.29, 1.82) is 0 Å². The van der Waals surface area contributed by atoms with Crippen molar-refractivity contribution >= 4 is 17.7 Å². The molecule has 1 heterocycles. The molecule has 0 saturated carbocycles. The smallest absolute Gasteiger partial charge is 0.407 e. The van der Waals surface area contributed by atoms with Crippen LogP contribution >= 0.6 is 0 Å². The van der Waals surface area contributed by atoms with Gasteiger partial charge in [-0.1, -0.05) is 6.07 Å².